The second-order valence-electron chi connectivity index (χ2n) is 6.99. The number of halogens is 2. The number of aryl methyl sites for hydroxylation is 3. The first-order valence-corrected chi connectivity index (χ1v) is 9.65. The zero-order valence-corrected chi connectivity index (χ0v) is 17.7. The lowest BCUT2D eigenvalue weighted by Gasteiger charge is -2.11. The zero-order chi connectivity index (χ0) is 23.3. The fraction of sp³-hybridized carbons (Fsp3) is 0.261. The SMILES string of the molecule is Cc1ccc(OC(F)F)c(C(=O)COC(=O)c2ccc(OCc3c(C)noc3C)cc2)c1. The maximum absolute atomic E-state index is 12.6. The number of ketones is 1. The van der Waals surface area contributed by atoms with Gasteiger partial charge in [-0.3, -0.25) is 4.79 Å². The average molecular weight is 445 g/mol. The summed E-state index contributed by atoms with van der Waals surface area (Å²) < 4.78 is 45.3. The predicted molar refractivity (Wildman–Crippen MR) is 109 cm³/mol. The molecule has 3 aromatic rings. The minimum Gasteiger partial charge on any atom is -0.489 e. The number of Topliss-reactive ketones (excluding diaryl/α,β-unsaturated/α-hetero) is 1. The van der Waals surface area contributed by atoms with Crippen LogP contribution in [0.25, 0.3) is 0 Å². The predicted octanol–water partition coefficient (Wildman–Crippen LogP) is 4.82. The van der Waals surface area contributed by atoms with Gasteiger partial charge in [-0.05, 0) is 57.2 Å². The second-order valence-corrected chi connectivity index (χ2v) is 6.99. The summed E-state index contributed by atoms with van der Waals surface area (Å²) in [6, 6.07) is 10.4. The van der Waals surface area contributed by atoms with Gasteiger partial charge in [-0.25, -0.2) is 4.79 Å². The van der Waals surface area contributed by atoms with Crippen molar-refractivity contribution < 1.29 is 37.1 Å². The van der Waals surface area contributed by atoms with Crippen LogP contribution in [0.1, 0.15) is 43.3 Å². The van der Waals surface area contributed by atoms with Gasteiger partial charge in [0, 0.05) is 0 Å². The Morgan fingerprint density at radius 3 is 2.41 bits per heavy atom. The molecule has 0 N–H and O–H groups in total. The van der Waals surface area contributed by atoms with E-state index >= 15 is 0 Å². The van der Waals surface area contributed by atoms with Gasteiger partial charge in [0.15, 0.2) is 6.61 Å². The molecule has 7 nitrogen and oxygen atoms in total. The van der Waals surface area contributed by atoms with E-state index in [1.54, 1.807) is 26.0 Å². The molecule has 0 aliphatic carbocycles. The molecule has 0 aliphatic rings. The van der Waals surface area contributed by atoms with Gasteiger partial charge in [0.05, 0.1) is 22.4 Å². The van der Waals surface area contributed by atoms with Gasteiger partial charge >= 0.3 is 12.6 Å². The van der Waals surface area contributed by atoms with E-state index in [1.165, 1.54) is 30.3 Å². The quantitative estimate of drug-likeness (QED) is 0.345. The topological polar surface area (TPSA) is 87.9 Å². The molecule has 0 saturated carbocycles. The molecular formula is C23H21F2NO6. The molecule has 2 aromatic carbocycles. The van der Waals surface area contributed by atoms with Crippen molar-refractivity contribution >= 4 is 11.8 Å². The normalized spacial score (nSPS) is 10.8. The number of nitrogens with zero attached hydrogens (tertiary/aromatic N) is 1. The van der Waals surface area contributed by atoms with Crippen molar-refractivity contribution in [1.82, 2.24) is 5.16 Å². The lowest BCUT2D eigenvalue weighted by molar-refractivity contribution is -0.0502. The summed E-state index contributed by atoms with van der Waals surface area (Å²) in [5, 5.41) is 3.86. The Labute approximate surface area is 182 Å². The van der Waals surface area contributed by atoms with Crippen molar-refractivity contribution in [1.29, 1.82) is 0 Å². The highest BCUT2D eigenvalue weighted by Crippen LogP contribution is 2.23. The smallest absolute Gasteiger partial charge is 0.387 e. The van der Waals surface area contributed by atoms with Gasteiger partial charge in [0.1, 0.15) is 23.9 Å². The number of aromatic nitrogens is 1. The highest BCUT2D eigenvalue weighted by atomic mass is 19.3. The van der Waals surface area contributed by atoms with E-state index in [4.69, 9.17) is 14.0 Å². The summed E-state index contributed by atoms with van der Waals surface area (Å²) in [5.74, 6) is -0.475. The molecule has 0 bridgehead atoms. The average Bonchev–Trinajstić information content (AvgIpc) is 3.08. The first-order chi connectivity index (χ1) is 15.2. The molecule has 0 aliphatic heterocycles. The highest BCUT2D eigenvalue weighted by molar-refractivity contribution is 6.01. The van der Waals surface area contributed by atoms with E-state index < -0.39 is 25.0 Å². The van der Waals surface area contributed by atoms with Crippen LogP contribution in [0.4, 0.5) is 8.78 Å². The van der Waals surface area contributed by atoms with Crippen LogP contribution in [0.15, 0.2) is 47.0 Å². The Bertz CT molecular complexity index is 1090. The molecule has 0 spiro atoms. The van der Waals surface area contributed by atoms with E-state index in [-0.39, 0.29) is 23.5 Å². The summed E-state index contributed by atoms with van der Waals surface area (Å²) in [6.07, 6.45) is 0. The van der Waals surface area contributed by atoms with Crippen LogP contribution in [-0.4, -0.2) is 30.1 Å². The molecule has 3 rings (SSSR count). The fourth-order valence-corrected chi connectivity index (χ4v) is 2.90. The van der Waals surface area contributed by atoms with E-state index in [0.29, 0.717) is 17.1 Å². The Balaban J connectivity index is 1.58. The molecule has 0 amide bonds. The first-order valence-electron chi connectivity index (χ1n) is 9.65. The lowest BCUT2D eigenvalue weighted by Crippen LogP contribution is -2.16. The van der Waals surface area contributed by atoms with Gasteiger partial charge in [-0.15, -0.1) is 0 Å². The third-order valence-electron chi connectivity index (χ3n) is 4.64. The van der Waals surface area contributed by atoms with Crippen LogP contribution >= 0.6 is 0 Å². The zero-order valence-electron chi connectivity index (χ0n) is 17.7. The number of ether oxygens (including phenoxy) is 3. The maximum Gasteiger partial charge on any atom is 0.387 e. The molecule has 0 radical (unpaired) electrons. The van der Waals surface area contributed by atoms with Crippen LogP contribution in [-0.2, 0) is 11.3 Å². The third-order valence-corrected chi connectivity index (χ3v) is 4.64. The summed E-state index contributed by atoms with van der Waals surface area (Å²) in [6.45, 7) is 1.87. The minimum absolute atomic E-state index is 0.0822. The van der Waals surface area contributed by atoms with Crippen molar-refractivity contribution in [2.75, 3.05) is 6.61 Å². The van der Waals surface area contributed by atoms with Crippen molar-refractivity contribution in [3.63, 3.8) is 0 Å². The number of esters is 1. The van der Waals surface area contributed by atoms with E-state index in [2.05, 4.69) is 9.89 Å². The van der Waals surface area contributed by atoms with E-state index in [0.717, 1.165) is 11.3 Å². The van der Waals surface area contributed by atoms with Crippen molar-refractivity contribution in [3.8, 4) is 11.5 Å². The van der Waals surface area contributed by atoms with Gasteiger partial charge < -0.3 is 18.7 Å². The molecule has 32 heavy (non-hydrogen) atoms. The molecule has 0 saturated heterocycles. The molecule has 9 heteroatoms. The largest absolute Gasteiger partial charge is 0.489 e. The standard InChI is InChI=1S/C23H21F2NO6/c1-13-4-9-21(31-23(24)25)18(10-13)20(27)12-30-22(28)16-5-7-17(8-6-16)29-11-19-14(2)26-32-15(19)3/h4-10,23H,11-12H2,1-3H3. The van der Waals surface area contributed by atoms with E-state index in [9.17, 15) is 18.4 Å². The number of carbonyl (C=O) groups excluding carboxylic acids is 2. The van der Waals surface area contributed by atoms with Crippen LogP contribution in [0.3, 0.4) is 0 Å². The molecule has 1 aromatic heterocycles. The van der Waals surface area contributed by atoms with Gasteiger partial charge in [0.25, 0.3) is 0 Å². The van der Waals surface area contributed by atoms with Crippen molar-refractivity contribution in [2.24, 2.45) is 0 Å². The van der Waals surface area contributed by atoms with Gasteiger partial charge in [-0.2, -0.15) is 8.78 Å². The Hall–Kier alpha value is -3.75. The Morgan fingerprint density at radius 2 is 1.78 bits per heavy atom. The lowest BCUT2D eigenvalue weighted by atomic mass is 10.1. The van der Waals surface area contributed by atoms with Crippen molar-refractivity contribution in [3.05, 3.63) is 76.2 Å². The van der Waals surface area contributed by atoms with Crippen LogP contribution < -0.4 is 9.47 Å². The third kappa shape index (κ3) is 5.69. The number of hydrogen-bond donors (Lipinski definition) is 0. The molecular weight excluding hydrogens is 424 g/mol. The molecule has 0 fully saturated rings. The second kappa shape index (κ2) is 10.0. The summed E-state index contributed by atoms with van der Waals surface area (Å²) in [7, 11) is 0. The summed E-state index contributed by atoms with van der Waals surface area (Å²) in [4.78, 5) is 24.7. The Morgan fingerprint density at radius 1 is 1.06 bits per heavy atom. The van der Waals surface area contributed by atoms with Crippen LogP contribution in [0.2, 0.25) is 0 Å². The summed E-state index contributed by atoms with van der Waals surface area (Å²) >= 11 is 0. The first kappa shape index (κ1) is 22.9. The fourth-order valence-electron chi connectivity index (χ4n) is 2.90. The Kier molecular flexibility index (Phi) is 7.19. The number of alkyl halides is 2. The minimum atomic E-state index is -3.08. The number of hydrogen-bond acceptors (Lipinski definition) is 7. The van der Waals surface area contributed by atoms with Gasteiger partial charge in [0.2, 0.25) is 5.78 Å². The summed E-state index contributed by atoms with van der Waals surface area (Å²) in [5.41, 5.74) is 2.38. The number of benzene rings is 2. The molecule has 0 unspecified atom stereocenters. The molecule has 168 valence electrons. The number of carbonyl (C=O) groups is 2. The molecule has 1 heterocycles. The van der Waals surface area contributed by atoms with Crippen molar-refractivity contribution in [2.45, 2.75) is 34.0 Å². The highest BCUT2D eigenvalue weighted by Gasteiger charge is 2.18. The maximum atomic E-state index is 12.6. The molecule has 0 atom stereocenters. The van der Waals surface area contributed by atoms with Crippen LogP contribution in [0.5, 0.6) is 11.5 Å². The van der Waals surface area contributed by atoms with Crippen LogP contribution in [0, 0.1) is 20.8 Å². The van der Waals surface area contributed by atoms with E-state index in [1.807, 2.05) is 6.92 Å². The monoisotopic (exact) mass is 445 g/mol. The van der Waals surface area contributed by atoms with Gasteiger partial charge in [-0.1, -0.05) is 16.8 Å². The number of rotatable bonds is 9.